The number of amides is 1. The average Bonchev–Trinajstić information content (AvgIpc) is 3.26. The standard InChI is InChI=1S/C15H23N3O4S/c1-16-23(20,21)14-8-7-13(22-14)15(19)18-10-4-6-12(18)11-5-3-9-17(11)2/h7-8,11-12,16H,3-6,9-10H2,1-2H3/t11-,12+/m1/s1. The van der Waals surface area contributed by atoms with E-state index in [9.17, 15) is 13.2 Å². The van der Waals surface area contributed by atoms with E-state index in [1.54, 1.807) is 0 Å². The Morgan fingerprint density at radius 1 is 1.22 bits per heavy atom. The smallest absolute Gasteiger partial charge is 0.289 e. The quantitative estimate of drug-likeness (QED) is 0.879. The number of nitrogens with one attached hydrogen (secondary N) is 1. The van der Waals surface area contributed by atoms with Crippen molar-refractivity contribution in [3.8, 4) is 0 Å². The fourth-order valence-electron chi connectivity index (χ4n) is 3.69. The Morgan fingerprint density at radius 3 is 2.57 bits per heavy atom. The second-order valence-electron chi connectivity index (χ2n) is 6.22. The number of nitrogens with zero attached hydrogens (tertiary/aromatic N) is 2. The minimum Gasteiger partial charge on any atom is -0.438 e. The molecule has 1 aromatic heterocycles. The Kier molecular flexibility index (Phi) is 4.48. The minimum absolute atomic E-state index is 0.0892. The molecular weight excluding hydrogens is 318 g/mol. The van der Waals surface area contributed by atoms with E-state index in [1.807, 2.05) is 4.90 Å². The number of likely N-dealkylation sites (N-methyl/N-ethyl adjacent to an activating group) is 1. The Bertz CT molecular complexity index is 685. The van der Waals surface area contributed by atoms with Gasteiger partial charge in [0.1, 0.15) is 0 Å². The van der Waals surface area contributed by atoms with Gasteiger partial charge in [-0.25, -0.2) is 13.1 Å². The molecule has 0 saturated carbocycles. The van der Waals surface area contributed by atoms with Crippen LogP contribution in [-0.4, -0.2) is 63.4 Å². The van der Waals surface area contributed by atoms with Gasteiger partial charge in [0, 0.05) is 18.6 Å². The van der Waals surface area contributed by atoms with Gasteiger partial charge in [-0.15, -0.1) is 0 Å². The van der Waals surface area contributed by atoms with Gasteiger partial charge in [0.05, 0.1) is 0 Å². The highest BCUT2D eigenvalue weighted by Gasteiger charge is 2.39. The number of hydrogen-bond acceptors (Lipinski definition) is 5. The van der Waals surface area contributed by atoms with Gasteiger partial charge in [0.2, 0.25) is 5.09 Å². The Hall–Kier alpha value is -1.38. The molecule has 3 rings (SSSR count). The summed E-state index contributed by atoms with van der Waals surface area (Å²) >= 11 is 0. The van der Waals surface area contributed by atoms with Gasteiger partial charge in [-0.2, -0.15) is 0 Å². The fourth-order valence-corrected chi connectivity index (χ4v) is 4.34. The zero-order valence-electron chi connectivity index (χ0n) is 13.5. The van der Waals surface area contributed by atoms with Crippen LogP contribution < -0.4 is 4.72 Å². The molecule has 0 aliphatic carbocycles. The van der Waals surface area contributed by atoms with E-state index >= 15 is 0 Å². The number of sulfonamides is 1. The van der Waals surface area contributed by atoms with E-state index in [2.05, 4.69) is 16.7 Å². The normalized spacial score (nSPS) is 26.1. The van der Waals surface area contributed by atoms with Gasteiger partial charge in [-0.1, -0.05) is 0 Å². The Labute approximate surface area is 136 Å². The first-order chi connectivity index (χ1) is 10.9. The van der Waals surface area contributed by atoms with Crippen molar-refractivity contribution in [3.63, 3.8) is 0 Å². The first kappa shape index (κ1) is 16.5. The Balaban J connectivity index is 1.79. The summed E-state index contributed by atoms with van der Waals surface area (Å²) in [5.74, 6) is -0.128. The molecular formula is C15H23N3O4S. The van der Waals surface area contributed by atoms with E-state index in [0.717, 1.165) is 32.2 Å². The molecule has 1 aromatic rings. The number of furan rings is 1. The molecule has 0 aromatic carbocycles. The predicted molar refractivity (Wildman–Crippen MR) is 84.7 cm³/mol. The lowest BCUT2D eigenvalue weighted by Crippen LogP contribution is -2.47. The third kappa shape index (κ3) is 3.02. The molecule has 128 valence electrons. The van der Waals surface area contributed by atoms with Crippen molar-refractivity contribution in [1.82, 2.24) is 14.5 Å². The molecule has 2 fully saturated rings. The lowest BCUT2D eigenvalue weighted by molar-refractivity contribution is 0.0627. The van der Waals surface area contributed by atoms with Crippen molar-refractivity contribution >= 4 is 15.9 Å². The summed E-state index contributed by atoms with van der Waals surface area (Å²) < 4.78 is 31.0. The first-order valence-corrected chi connectivity index (χ1v) is 9.47. The highest BCUT2D eigenvalue weighted by Crippen LogP contribution is 2.30. The van der Waals surface area contributed by atoms with E-state index in [1.165, 1.54) is 19.2 Å². The van der Waals surface area contributed by atoms with Crippen LogP contribution in [0.3, 0.4) is 0 Å². The molecule has 7 nitrogen and oxygen atoms in total. The van der Waals surface area contributed by atoms with Crippen LogP contribution in [0.2, 0.25) is 0 Å². The zero-order valence-corrected chi connectivity index (χ0v) is 14.3. The largest absolute Gasteiger partial charge is 0.438 e. The summed E-state index contributed by atoms with van der Waals surface area (Å²) in [6.45, 7) is 1.76. The van der Waals surface area contributed by atoms with Gasteiger partial charge in [-0.05, 0) is 58.5 Å². The molecule has 0 bridgehead atoms. The SMILES string of the molecule is CNS(=O)(=O)c1ccc(C(=O)N2CCC[C@H]2[C@H]2CCCN2C)o1. The molecule has 2 atom stereocenters. The number of likely N-dealkylation sites (tertiary alicyclic amines) is 2. The highest BCUT2D eigenvalue weighted by molar-refractivity contribution is 7.89. The third-order valence-corrected chi connectivity index (χ3v) is 6.19. The molecule has 3 heterocycles. The summed E-state index contributed by atoms with van der Waals surface area (Å²) in [4.78, 5) is 16.9. The lowest BCUT2D eigenvalue weighted by atomic mass is 10.0. The van der Waals surface area contributed by atoms with Crippen LogP contribution in [0.1, 0.15) is 36.2 Å². The predicted octanol–water partition coefficient (Wildman–Crippen LogP) is 0.886. The zero-order chi connectivity index (χ0) is 16.6. The summed E-state index contributed by atoms with van der Waals surface area (Å²) in [6.07, 6.45) is 4.22. The van der Waals surface area contributed by atoms with Crippen molar-refractivity contribution in [2.75, 3.05) is 27.2 Å². The summed E-state index contributed by atoms with van der Waals surface area (Å²) in [7, 11) is -0.256. The number of carbonyl (C=O) groups is 1. The minimum atomic E-state index is -3.67. The highest BCUT2D eigenvalue weighted by atomic mass is 32.2. The monoisotopic (exact) mass is 341 g/mol. The van der Waals surface area contributed by atoms with Crippen molar-refractivity contribution in [2.24, 2.45) is 0 Å². The Morgan fingerprint density at radius 2 is 1.91 bits per heavy atom. The van der Waals surface area contributed by atoms with Crippen molar-refractivity contribution < 1.29 is 17.6 Å². The average molecular weight is 341 g/mol. The second-order valence-corrected chi connectivity index (χ2v) is 8.04. The summed E-state index contributed by atoms with van der Waals surface area (Å²) in [5.41, 5.74) is 0. The molecule has 8 heteroatoms. The molecule has 0 spiro atoms. The van der Waals surface area contributed by atoms with E-state index in [-0.39, 0.29) is 22.8 Å². The van der Waals surface area contributed by atoms with Gasteiger partial charge < -0.3 is 14.2 Å². The maximum absolute atomic E-state index is 12.7. The van der Waals surface area contributed by atoms with Crippen LogP contribution in [-0.2, 0) is 10.0 Å². The summed E-state index contributed by atoms with van der Waals surface area (Å²) in [5, 5.41) is -0.225. The van der Waals surface area contributed by atoms with Crippen LogP contribution in [0.25, 0.3) is 0 Å². The van der Waals surface area contributed by atoms with Crippen LogP contribution >= 0.6 is 0 Å². The van der Waals surface area contributed by atoms with Gasteiger partial charge in [0.25, 0.3) is 15.9 Å². The van der Waals surface area contributed by atoms with Crippen molar-refractivity contribution in [1.29, 1.82) is 0 Å². The summed E-state index contributed by atoms with van der Waals surface area (Å²) in [6, 6.07) is 3.34. The van der Waals surface area contributed by atoms with E-state index in [4.69, 9.17) is 4.42 Å². The van der Waals surface area contributed by atoms with Crippen LogP contribution in [0.4, 0.5) is 0 Å². The fraction of sp³-hybridized carbons (Fsp3) is 0.667. The molecule has 0 radical (unpaired) electrons. The molecule has 2 saturated heterocycles. The molecule has 1 N–H and O–H groups in total. The molecule has 2 aliphatic heterocycles. The second kappa shape index (κ2) is 6.26. The topological polar surface area (TPSA) is 82.9 Å². The van der Waals surface area contributed by atoms with Crippen molar-refractivity contribution in [2.45, 2.75) is 42.9 Å². The van der Waals surface area contributed by atoms with Crippen LogP contribution in [0, 0.1) is 0 Å². The molecule has 23 heavy (non-hydrogen) atoms. The number of rotatable bonds is 4. The molecule has 0 unspecified atom stereocenters. The van der Waals surface area contributed by atoms with E-state index < -0.39 is 10.0 Å². The maximum Gasteiger partial charge on any atom is 0.289 e. The number of hydrogen-bond donors (Lipinski definition) is 1. The van der Waals surface area contributed by atoms with Crippen molar-refractivity contribution in [3.05, 3.63) is 17.9 Å². The van der Waals surface area contributed by atoms with Crippen LogP contribution in [0.5, 0.6) is 0 Å². The first-order valence-electron chi connectivity index (χ1n) is 7.98. The molecule has 2 aliphatic rings. The van der Waals surface area contributed by atoms with Gasteiger partial charge in [0.15, 0.2) is 5.76 Å². The van der Waals surface area contributed by atoms with Gasteiger partial charge >= 0.3 is 0 Å². The third-order valence-electron chi connectivity index (χ3n) is 4.91. The van der Waals surface area contributed by atoms with E-state index in [0.29, 0.717) is 12.6 Å². The number of carbonyl (C=O) groups excluding carboxylic acids is 1. The lowest BCUT2D eigenvalue weighted by Gasteiger charge is -2.32. The van der Waals surface area contributed by atoms with Crippen LogP contribution in [0.15, 0.2) is 21.6 Å². The van der Waals surface area contributed by atoms with Gasteiger partial charge in [-0.3, -0.25) is 4.79 Å². The molecule has 1 amide bonds. The maximum atomic E-state index is 12.7.